The van der Waals surface area contributed by atoms with Gasteiger partial charge in [-0.15, -0.1) is 0 Å². The quantitative estimate of drug-likeness (QED) is 0.849. The summed E-state index contributed by atoms with van der Waals surface area (Å²) < 4.78 is 2.15. The molecule has 0 aliphatic heterocycles. The van der Waals surface area contributed by atoms with Gasteiger partial charge in [-0.1, -0.05) is 24.3 Å². The monoisotopic (exact) mass is 241 g/mol. The topological polar surface area (TPSA) is 43.0 Å². The molecule has 0 fully saturated rings. The zero-order valence-corrected chi connectivity index (χ0v) is 10.9. The minimum atomic E-state index is 0.148. The predicted octanol–water partition coefficient (Wildman–Crippen LogP) is 2.79. The van der Waals surface area contributed by atoms with E-state index in [1.807, 2.05) is 0 Å². The number of aryl methyl sites for hydroxylation is 2. The van der Waals surface area contributed by atoms with Crippen molar-refractivity contribution >= 4 is 0 Å². The summed E-state index contributed by atoms with van der Waals surface area (Å²) in [6.45, 7) is 4.22. The molecular weight excluding hydrogens is 222 g/mol. The van der Waals surface area contributed by atoms with E-state index in [1.54, 1.807) is 0 Å². The van der Waals surface area contributed by atoms with E-state index < -0.39 is 0 Å². The number of nitrogens with zero attached hydrogens (tertiary/aromatic N) is 1. The first-order valence-electron chi connectivity index (χ1n) is 6.42. The van der Waals surface area contributed by atoms with Crippen LogP contribution in [-0.4, -0.2) is 4.68 Å². The van der Waals surface area contributed by atoms with Crippen LogP contribution in [0.1, 0.15) is 41.0 Å². The Labute approximate surface area is 108 Å². The van der Waals surface area contributed by atoms with Crippen molar-refractivity contribution in [2.75, 3.05) is 5.43 Å². The third kappa shape index (κ3) is 1.71. The van der Waals surface area contributed by atoms with Crippen LogP contribution in [-0.2, 0) is 0 Å². The van der Waals surface area contributed by atoms with Crippen molar-refractivity contribution in [2.45, 2.75) is 32.4 Å². The SMILES string of the molecule is Cc1ccc(C)n1NC1CC(N)c2ccccc21. The van der Waals surface area contributed by atoms with Gasteiger partial charge in [0.1, 0.15) is 0 Å². The summed E-state index contributed by atoms with van der Waals surface area (Å²) in [6, 6.07) is 13.2. The molecule has 18 heavy (non-hydrogen) atoms. The smallest absolute Gasteiger partial charge is 0.0695 e. The van der Waals surface area contributed by atoms with Crippen molar-refractivity contribution < 1.29 is 0 Å². The van der Waals surface area contributed by atoms with Crippen molar-refractivity contribution in [3.8, 4) is 0 Å². The first-order chi connectivity index (χ1) is 8.66. The van der Waals surface area contributed by atoms with E-state index in [0.29, 0.717) is 6.04 Å². The number of rotatable bonds is 2. The molecule has 1 aliphatic rings. The molecule has 94 valence electrons. The molecule has 1 aliphatic carbocycles. The molecule has 3 rings (SSSR count). The van der Waals surface area contributed by atoms with Gasteiger partial charge in [0.05, 0.1) is 6.04 Å². The highest BCUT2D eigenvalue weighted by atomic mass is 15.4. The largest absolute Gasteiger partial charge is 0.324 e. The van der Waals surface area contributed by atoms with Gasteiger partial charge in [-0.3, -0.25) is 4.68 Å². The fraction of sp³-hybridized carbons (Fsp3) is 0.333. The Kier molecular flexibility index (Phi) is 2.63. The number of hydrogen-bond donors (Lipinski definition) is 2. The van der Waals surface area contributed by atoms with E-state index >= 15 is 0 Å². The van der Waals surface area contributed by atoms with Crippen LogP contribution in [0.4, 0.5) is 0 Å². The van der Waals surface area contributed by atoms with Crippen LogP contribution in [0.5, 0.6) is 0 Å². The molecule has 0 saturated carbocycles. The van der Waals surface area contributed by atoms with Crippen molar-refractivity contribution in [1.82, 2.24) is 4.68 Å². The highest BCUT2D eigenvalue weighted by Crippen LogP contribution is 2.37. The summed E-state index contributed by atoms with van der Waals surface area (Å²) >= 11 is 0. The molecule has 1 heterocycles. The van der Waals surface area contributed by atoms with Gasteiger partial charge in [0.2, 0.25) is 0 Å². The number of nitrogens with one attached hydrogen (secondary N) is 1. The number of fused-ring (bicyclic) bond motifs is 1. The Morgan fingerprint density at radius 3 is 2.33 bits per heavy atom. The highest BCUT2D eigenvalue weighted by Gasteiger charge is 2.28. The highest BCUT2D eigenvalue weighted by molar-refractivity contribution is 5.39. The molecule has 0 saturated heterocycles. The Morgan fingerprint density at radius 2 is 1.67 bits per heavy atom. The molecule has 3 N–H and O–H groups in total. The maximum absolute atomic E-state index is 6.19. The van der Waals surface area contributed by atoms with Crippen LogP contribution >= 0.6 is 0 Å². The second-order valence-electron chi connectivity index (χ2n) is 5.10. The zero-order valence-electron chi connectivity index (χ0n) is 10.9. The van der Waals surface area contributed by atoms with E-state index in [2.05, 4.69) is 60.3 Å². The Balaban J connectivity index is 1.92. The molecule has 1 aromatic carbocycles. The minimum absolute atomic E-state index is 0.148. The van der Waals surface area contributed by atoms with Crippen LogP contribution in [0, 0.1) is 13.8 Å². The van der Waals surface area contributed by atoms with Gasteiger partial charge in [0, 0.05) is 17.4 Å². The normalized spacial score (nSPS) is 21.9. The van der Waals surface area contributed by atoms with Gasteiger partial charge < -0.3 is 11.2 Å². The lowest BCUT2D eigenvalue weighted by Crippen LogP contribution is -2.22. The summed E-state index contributed by atoms with van der Waals surface area (Å²) in [7, 11) is 0. The number of benzene rings is 1. The van der Waals surface area contributed by atoms with Gasteiger partial charge in [-0.05, 0) is 43.5 Å². The lowest BCUT2D eigenvalue weighted by atomic mass is 10.1. The molecule has 3 heteroatoms. The molecule has 0 radical (unpaired) electrons. The lowest BCUT2D eigenvalue weighted by molar-refractivity contribution is 0.592. The van der Waals surface area contributed by atoms with Gasteiger partial charge in [-0.2, -0.15) is 0 Å². The fourth-order valence-electron chi connectivity index (χ4n) is 2.82. The Bertz CT molecular complexity index is 551. The molecule has 0 bridgehead atoms. The van der Waals surface area contributed by atoms with Crippen molar-refractivity contribution in [3.05, 3.63) is 58.9 Å². The maximum Gasteiger partial charge on any atom is 0.0695 e. The standard InChI is InChI=1S/C15H19N3/c1-10-7-8-11(2)18(10)17-15-9-14(16)12-5-3-4-6-13(12)15/h3-8,14-15,17H,9,16H2,1-2H3. The van der Waals surface area contributed by atoms with Gasteiger partial charge in [0.25, 0.3) is 0 Å². The summed E-state index contributed by atoms with van der Waals surface area (Å²) in [5, 5.41) is 0. The second-order valence-corrected chi connectivity index (χ2v) is 5.10. The lowest BCUT2D eigenvalue weighted by Gasteiger charge is -2.19. The average molecular weight is 241 g/mol. The molecular formula is C15H19N3. The van der Waals surface area contributed by atoms with E-state index in [0.717, 1.165) is 6.42 Å². The van der Waals surface area contributed by atoms with Crippen LogP contribution in [0.15, 0.2) is 36.4 Å². The van der Waals surface area contributed by atoms with Gasteiger partial charge >= 0.3 is 0 Å². The fourth-order valence-corrected chi connectivity index (χ4v) is 2.82. The number of aromatic nitrogens is 1. The number of hydrogen-bond acceptors (Lipinski definition) is 2. The average Bonchev–Trinajstić information content (AvgIpc) is 2.86. The first-order valence-corrected chi connectivity index (χ1v) is 6.42. The summed E-state index contributed by atoms with van der Waals surface area (Å²) in [4.78, 5) is 0. The van der Waals surface area contributed by atoms with Crippen LogP contribution in [0.3, 0.4) is 0 Å². The third-order valence-electron chi connectivity index (χ3n) is 3.82. The van der Waals surface area contributed by atoms with Crippen LogP contribution in [0.25, 0.3) is 0 Å². The van der Waals surface area contributed by atoms with Crippen LogP contribution < -0.4 is 11.2 Å². The third-order valence-corrected chi connectivity index (χ3v) is 3.82. The molecule has 2 unspecified atom stereocenters. The van der Waals surface area contributed by atoms with Crippen LogP contribution in [0.2, 0.25) is 0 Å². The van der Waals surface area contributed by atoms with Gasteiger partial charge in [0.15, 0.2) is 0 Å². The van der Waals surface area contributed by atoms with E-state index in [1.165, 1.54) is 22.5 Å². The minimum Gasteiger partial charge on any atom is -0.324 e. The summed E-state index contributed by atoms with van der Waals surface area (Å²) in [6.07, 6.45) is 0.955. The summed E-state index contributed by atoms with van der Waals surface area (Å²) in [5.41, 5.74) is 14.8. The van der Waals surface area contributed by atoms with Gasteiger partial charge in [-0.25, -0.2) is 0 Å². The summed E-state index contributed by atoms with van der Waals surface area (Å²) in [5.74, 6) is 0. The van der Waals surface area contributed by atoms with Crippen molar-refractivity contribution in [3.63, 3.8) is 0 Å². The Hall–Kier alpha value is -1.74. The molecule has 1 aromatic heterocycles. The van der Waals surface area contributed by atoms with E-state index in [4.69, 9.17) is 5.73 Å². The first kappa shape index (κ1) is 11.4. The van der Waals surface area contributed by atoms with E-state index in [9.17, 15) is 0 Å². The molecule has 2 atom stereocenters. The molecule has 0 spiro atoms. The van der Waals surface area contributed by atoms with E-state index in [-0.39, 0.29) is 6.04 Å². The molecule has 0 amide bonds. The number of nitrogens with two attached hydrogens (primary N) is 1. The van der Waals surface area contributed by atoms with Crippen molar-refractivity contribution in [2.24, 2.45) is 5.73 Å². The molecule has 3 nitrogen and oxygen atoms in total. The maximum atomic E-state index is 6.19. The Morgan fingerprint density at radius 1 is 1.06 bits per heavy atom. The van der Waals surface area contributed by atoms with Crippen molar-refractivity contribution in [1.29, 1.82) is 0 Å². The second kappa shape index (κ2) is 4.18. The predicted molar refractivity (Wildman–Crippen MR) is 74.0 cm³/mol. The zero-order chi connectivity index (χ0) is 12.7. The molecule has 2 aromatic rings.